The number of hydrogen-bond donors (Lipinski definition) is 0. The molecule has 1 heterocycles. The van der Waals surface area contributed by atoms with Crippen LogP contribution in [-0.4, -0.2) is 30.9 Å². The van der Waals surface area contributed by atoms with E-state index >= 15 is 0 Å². The molecule has 0 saturated carbocycles. The van der Waals surface area contributed by atoms with Gasteiger partial charge < -0.3 is 9.64 Å². The van der Waals surface area contributed by atoms with Crippen molar-refractivity contribution in [3.63, 3.8) is 0 Å². The number of ether oxygens (including phenoxy) is 1. The lowest BCUT2D eigenvalue weighted by Crippen LogP contribution is -2.45. The number of rotatable bonds is 6. The molecule has 4 nitrogen and oxygen atoms in total. The van der Waals surface area contributed by atoms with Crippen molar-refractivity contribution in [1.82, 2.24) is 0 Å². The van der Waals surface area contributed by atoms with Gasteiger partial charge in [-0.2, -0.15) is 0 Å². The molecule has 0 amide bonds. The van der Waals surface area contributed by atoms with Gasteiger partial charge in [0, 0.05) is 29.6 Å². The van der Waals surface area contributed by atoms with Crippen molar-refractivity contribution in [1.29, 1.82) is 0 Å². The zero-order valence-corrected chi connectivity index (χ0v) is 19.1. The number of halogens is 1. The predicted octanol–water partition coefficient (Wildman–Crippen LogP) is 6.68. The molecule has 0 radical (unpaired) electrons. The van der Waals surface area contributed by atoms with Crippen LogP contribution in [0.5, 0.6) is 0 Å². The summed E-state index contributed by atoms with van der Waals surface area (Å²) in [6, 6.07) is 11.2. The molecule has 0 aromatic heterocycles. The van der Waals surface area contributed by atoms with Crippen LogP contribution < -0.4 is 4.90 Å². The first kappa shape index (κ1) is 22.1. The van der Waals surface area contributed by atoms with Gasteiger partial charge >= 0.3 is 5.97 Å². The number of benzene rings is 2. The van der Waals surface area contributed by atoms with Crippen LogP contribution in [0.4, 0.5) is 11.4 Å². The van der Waals surface area contributed by atoms with Gasteiger partial charge in [-0.15, -0.1) is 0 Å². The highest BCUT2D eigenvalue weighted by molar-refractivity contribution is 6.33. The molecule has 0 fully saturated rings. The van der Waals surface area contributed by atoms with E-state index in [0.29, 0.717) is 17.2 Å². The number of carbonyl (C=O) groups excluding carboxylic acids is 1. The Balaban J connectivity index is 1.90. The third-order valence-corrected chi connectivity index (χ3v) is 5.60. The van der Waals surface area contributed by atoms with Crippen LogP contribution in [0.15, 0.2) is 47.5 Å². The molecule has 3 rings (SSSR count). The number of hydrogen-bond acceptors (Lipinski definition) is 4. The van der Waals surface area contributed by atoms with E-state index in [-0.39, 0.29) is 11.5 Å². The molecule has 1 aliphatic rings. The Morgan fingerprint density at radius 1 is 1.20 bits per heavy atom. The third kappa shape index (κ3) is 4.59. The molecule has 0 bridgehead atoms. The fourth-order valence-electron chi connectivity index (χ4n) is 3.89. The summed E-state index contributed by atoms with van der Waals surface area (Å²) in [6.45, 7) is 11.9. The van der Waals surface area contributed by atoms with E-state index in [4.69, 9.17) is 16.3 Å². The molecule has 5 heteroatoms. The van der Waals surface area contributed by atoms with E-state index in [2.05, 4.69) is 55.8 Å². The molecule has 0 spiro atoms. The maximum Gasteiger partial charge on any atom is 0.338 e. The van der Waals surface area contributed by atoms with E-state index in [1.54, 1.807) is 37.4 Å². The van der Waals surface area contributed by atoms with Crippen LogP contribution >= 0.6 is 11.6 Å². The Morgan fingerprint density at radius 2 is 1.90 bits per heavy atom. The maximum absolute atomic E-state index is 11.8. The minimum Gasteiger partial charge on any atom is -0.462 e. The second kappa shape index (κ2) is 9.05. The number of aliphatic imine (C=N–C) groups is 1. The number of carbonyl (C=O) groups is 1. The molecule has 30 heavy (non-hydrogen) atoms. The van der Waals surface area contributed by atoms with Crippen molar-refractivity contribution in [3.05, 3.63) is 64.2 Å². The quantitative estimate of drug-likeness (QED) is 0.383. The van der Waals surface area contributed by atoms with Crippen LogP contribution in [0.3, 0.4) is 0 Å². The van der Waals surface area contributed by atoms with Gasteiger partial charge in [-0.05, 0) is 76.1 Å². The molecule has 2 aromatic carbocycles. The van der Waals surface area contributed by atoms with Crippen molar-refractivity contribution in [2.45, 2.75) is 46.6 Å². The fraction of sp³-hybridized carbons (Fsp3) is 0.360. The van der Waals surface area contributed by atoms with Crippen LogP contribution in [0.2, 0.25) is 5.02 Å². The average molecular weight is 425 g/mol. The van der Waals surface area contributed by atoms with Crippen LogP contribution in [-0.2, 0) is 4.74 Å². The highest BCUT2D eigenvalue weighted by Gasteiger charge is 2.31. The maximum atomic E-state index is 11.8. The Morgan fingerprint density at radius 3 is 2.53 bits per heavy atom. The summed E-state index contributed by atoms with van der Waals surface area (Å²) in [7, 11) is 0. The third-order valence-electron chi connectivity index (χ3n) is 5.27. The number of allylic oxidation sites excluding steroid dienone is 1. The Hall–Kier alpha value is -2.59. The second-order valence-corrected chi connectivity index (χ2v) is 8.46. The standard InChI is InChI=1S/C25H29ClN2O2/c1-6-12-28-23-14-22(26)19(13-21(23)17(3)15-25(28,4)5)16-27-20-10-8-18(9-11-20)24(29)30-7-2/h8-11,13-16H,6-7,12H2,1-5H3. The van der Waals surface area contributed by atoms with Gasteiger partial charge in [0.25, 0.3) is 0 Å². The highest BCUT2D eigenvalue weighted by Crippen LogP contribution is 2.41. The summed E-state index contributed by atoms with van der Waals surface area (Å²) in [4.78, 5) is 18.7. The van der Waals surface area contributed by atoms with E-state index in [1.807, 2.05) is 0 Å². The largest absolute Gasteiger partial charge is 0.462 e. The summed E-state index contributed by atoms with van der Waals surface area (Å²) in [5.41, 5.74) is 5.68. The molecule has 0 saturated heterocycles. The van der Waals surface area contributed by atoms with Crippen LogP contribution in [0.1, 0.15) is 62.5 Å². The van der Waals surface area contributed by atoms with E-state index in [9.17, 15) is 4.79 Å². The lowest BCUT2D eigenvalue weighted by atomic mass is 9.88. The molecular formula is C25H29ClN2O2. The number of nitrogens with zero attached hydrogens (tertiary/aromatic N) is 2. The average Bonchev–Trinajstić information content (AvgIpc) is 2.70. The van der Waals surface area contributed by atoms with Gasteiger partial charge in [0.1, 0.15) is 0 Å². The molecule has 158 valence electrons. The second-order valence-electron chi connectivity index (χ2n) is 8.05. The first-order chi connectivity index (χ1) is 14.3. The van der Waals surface area contributed by atoms with Crippen molar-refractivity contribution in [2.24, 2.45) is 4.99 Å². The lowest BCUT2D eigenvalue weighted by Gasteiger charge is -2.43. The molecule has 0 unspecified atom stereocenters. The summed E-state index contributed by atoms with van der Waals surface area (Å²) in [5, 5.41) is 0.673. The Bertz CT molecular complexity index is 991. The van der Waals surface area contributed by atoms with E-state index < -0.39 is 0 Å². The van der Waals surface area contributed by atoms with Crippen molar-refractivity contribution in [3.8, 4) is 0 Å². The summed E-state index contributed by atoms with van der Waals surface area (Å²) < 4.78 is 5.01. The van der Waals surface area contributed by atoms with Gasteiger partial charge in [0.15, 0.2) is 0 Å². The molecule has 0 aliphatic carbocycles. The van der Waals surface area contributed by atoms with Gasteiger partial charge in [0.2, 0.25) is 0 Å². The first-order valence-electron chi connectivity index (χ1n) is 10.4. The topological polar surface area (TPSA) is 41.9 Å². The van der Waals surface area contributed by atoms with Crippen molar-refractivity contribution in [2.75, 3.05) is 18.1 Å². The zero-order chi connectivity index (χ0) is 21.9. The van der Waals surface area contributed by atoms with Crippen molar-refractivity contribution < 1.29 is 9.53 Å². The number of esters is 1. The SMILES string of the molecule is CCCN1c2cc(Cl)c(C=Nc3ccc(C(=O)OCC)cc3)cc2C(C)=CC1(C)C. The van der Waals surface area contributed by atoms with E-state index in [0.717, 1.165) is 24.2 Å². The van der Waals surface area contributed by atoms with Gasteiger partial charge in [0.05, 0.1) is 28.4 Å². The van der Waals surface area contributed by atoms with E-state index in [1.165, 1.54) is 16.8 Å². The fourth-order valence-corrected chi connectivity index (χ4v) is 4.09. The minimum absolute atomic E-state index is 0.0489. The molecule has 0 N–H and O–H groups in total. The number of anilines is 1. The summed E-state index contributed by atoms with van der Waals surface area (Å²) in [5.74, 6) is -0.326. The zero-order valence-electron chi connectivity index (χ0n) is 18.3. The molecule has 2 aromatic rings. The highest BCUT2D eigenvalue weighted by atomic mass is 35.5. The predicted molar refractivity (Wildman–Crippen MR) is 126 cm³/mol. The molecule has 0 atom stereocenters. The lowest BCUT2D eigenvalue weighted by molar-refractivity contribution is 0.0526. The Kier molecular flexibility index (Phi) is 6.67. The summed E-state index contributed by atoms with van der Waals surface area (Å²) >= 11 is 6.64. The van der Waals surface area contributed by atoms with Gasteiger partial charge in [-0.1, -0.05) is 24.6 Å². The van der Waals surface area contributed by atoms with Crippen LogP contribution in [0, 0.1) is 0 Å². The van der Waals surface area contributed by atoms with Crippen molar-refractivity contribution >= 4 is 40.7 Å². The molecular weight excluding hydrogens is 396 g/mol. The molecule has 1 aliphatic heterocycles. The van der Waals surface area contributed by atoms with Crippen LogP contribution in [0.25, 0.3) is 5.57 Å². The minimum atomic E-state index is -0.326. The smallest absolute Gasteiger partial charge is 0.338 e. The van der Waals surface area contributed by atoms with Gasteiger partial charge in [-0.25, -0.2) is 4.79 Å². The van der Waals surface area contributed by atoms with Gasteiger partial charge in [-0.3, -0.25) is 4.99 Å². The Labute approximate surface area is 184 Å². The monoisotopic (exact) mass is 424 g/mol. The normalized spacial score (nSPS) is 15.1. The number of fused-ring (bicyclic) bond motifs is 1. The summed E-state index contributed by atoms with van der Waals surface area (Å²) in [6.07, 6.45) is 5.16. The first-order valence-corrected chi connectivity index (χ1v) is 10.8.